The third-order valence-electron chi connectivity index (χ3n) is 6.06. The van der Waals surface area contributed by atoms with Crippen molar-refractivity contribution < 1.29 is 0 Å². The van der Waals surface area contributed by atoms with Crippen LogP contribution in [0.1, 0.15) is 16.7 Å². The maximum absolute atomic E-state index is 5.86. The minimum atomic E-state index is -0.458. The molecule has 0 unspecified atom stereocenters. The fourth-order valence-electron chi connectivity index (χ4n) is 4.46. The molecule has 37 heavy (non-hydrogen) atoms. The molecular formula is C30H23ClIN5. The first-order valence-electron chi connectivity index (χ1n) is 11.7. The summed E-state index contributed by atoms with van der Waals surface area (Å²) < 4.78 is 3.19. The van der Waals surface area contributed by atoms with E-state index in [-0.39, 0.29) is 0 Å². The number of nitrogens with one attached hydrogen (secondary N) is 1. The van der Waals surface area contributed by atoms with Crippen LogP contribution in [0.25, 0.3) is 11.3 Å². The van der Waals surface area contributed by atoms with Gasteiger partial charge in [-0.05, 0) is 51.4 Å². The van der Waals surface area contributed by atoms with Crippen LogP contribution in [0.5, 0.6) is 0 Å². The molecule has 0 atom stereocenters. The Kier molecular flexibility index (Phi) is 7.77. The first kappa shape index (κ1) is 24.9. The van der Waals surface area contributed by atoms with Crippen LogP contribution in [0.2, 0.25) is 5.15 Å². The van der Waals surface area contributed by atoms with Gasteiger partial charge in [-0.2, -0.15) is 0 Å². The molecule has 0 aliphatic heterocycles. The van der Waals surface area contributed by atoms with Gasteiger partial charge in [0.1, 0.15) is 14.4 Å². The molecule has 0 saturated heterocycles. The number of aromatic nitrogens is 5. The Morgan fingerprint density at radius 1 is 0.730 bits per heavy atom. The average molecular weight is 616 g/mol. The molecule has 0 fully saturated rings. The number of hydrogen-bond acceptors (Lipinski definition) is 3. The van der Waals surface area contributed by atoms with Gasteiger partial charge in [0.25, 0.3) is 0 Å². The number of hydrogen-bond donors (Lipinski definition) is 1. The molecule has 0 aliphatic carbocycles. The fourth-order valence-corrected chi connectivity index (χ4v) is 5.10. The van der Waals surface area contributed by atoms with Crippen LogP contribution in [0, 0.1) is 3.70 Å². The van der Waals surface area contributed by atoms with Crippen LogP contribution in [-0.2, 0) is 5.54 Å². The molecular weight excluding hydrogens is 593 g/mol. The summed E-state index contributed by atoms with van der Waals surface area (Å²) in [6.07, 6.45) is 9.01. The van der Waals surface area contributed by atoms with E-state index in [1.807, 2.05) is 18.5 Å². The second-order valence-electron chi connectivity index (χ2n) is 8.22. The number of benzene rings is 3. The molecule has 0 radical (unpaired) electrons. The van der Waals surface area contributed by atoms with Gasteiger partial charge in [0, 0.05) is 18.0 Å². The van der Waals surface area contributed by atoms with Gasteiger partial charge in [0.05, 0.1) is 24.5 Å². The Labute approximate surface area is 234 Å². The molecule has 7 heteroatoms. The normalized spacial score (nSPS) is 11.0. The van der Waals surface area contributed by atoms with Crippen LogP contribution >= 0.6 is 34.2 Å². The number of halogens is 2. The van der Waals surface area contributed by atoms with Crippen molar-refractivity contribution in [3.63, 3.8) is 0 Å². The Morgan fingerprint density at radius 3 is 1.73 bits per heavy atom. The molecule has 1 N–H and O–H groups in total. The van der Waals surface area contributed by atoms with Crippen LogP contribution < -0.4 is 0 Å². The van der Waals surface area contributed by atoms with Gasteiger partial charge in [-0.1, -0.05) is 103 Å². The summed E-state index contributed by atoms with van der Waals surface area (Å²) in [4.78, 5) is 15.3. The van der Waals surface area contributed by atoms with Gasteiger partial charge >= 0.3 is 0 Å². The Morgan fingerprint density at radius 2 is 1.30 bits per heavy atom. The standard InChI is InChI=1S/C22H17IN2.C8H6ClN3/c23-21-16-25(17-24-21)22(18-10-4-1-5-11-18,19-12-6-2-7-13-19)20-14-8-3-9-15-20;9-8-6(2-1-3-11-8)7-4-10-5-12-7/h1-17H;1-5H,(H,10,12). The minimum Gasteiger partial charge on any atom is -0.345 e. The number of imidazole rings is 2. The Bertz CT molecular complexity index is 1440. The van der Waals surface area contributed by atoms with E-state index in [0.717, 1.165) is 15.0 Å². The van der Waals surface area contributed by atoms with Crippen molar-refractivity contribution >= 4 is 34.2 Å². The minimum absolute atomic E-state index is 0.458. The molecule has 0 aliphatic rings. The van der Waals surface area contributed by atoms with Crippen LogP contribution in [0.15, 0.2) is 134 Å². The predicted octanol–water partition coefficient (Wildman–Crippen LogP) is 7.45. The molecule has 3 aromatic heterocycles. The highest BCUT2D eigenvalue weighted by molar-refractivity contribution is 14.1. The number of pyridine rings is 1. The molecule has 6 aromatic rings. The molecule has 0 spiro atoms. The molecule has 3 heterocycles. The predicted molar refractivity (Wildman–Crippen MR) is 156 cm³/mol. The van der Waals surface area contributed by atoms with Gasteiger partial charge in [-0.25, -0.2) is 15.0 Å². The number of H-pyrrole nitrogens is 1. The summed E-state index contributed by atoms with van der Waals surface area (Å²) in [5.41, 5.74) is 4.92. The molecule has 3 aromatic carbocycles. The fraction of sp³-hybridized carbons (Fsp3) is 0.0333. The van der Waals surface area contributed by atoms with Gasteiger partial charge in [0.2, 0.25) is 0 Å². The first-order valence-corrected chi connectivity index (χ1v) is 13.1. The van der Waals surface area contributed by atoms with Crippen molar-refractivity contribution in [2.24, 2.45) is 0 Å². The molecule has 6 rings (SSSR count). The van der Waals surface area contributed by atoms with E-state index in [0.29, 0.717) is 5.15 Å². The lowest BCUT2D eigenvalue weighted by atomic mass is 9.77. The summed E-state index contributed by atoms with van der Waals surface area (Å²) in [7, 11) is 0. The Hall–Kier alpha value is -3.75. The van der Waals surface area contributed by atoms with Crippen molar-refractivity contribution in [3.05, 3.63) is 160 Å². The lowest BCUT2D eigenvalue weighted by Crippen LogP contribution is -2.36. The zero-order valence-electron chi connectivity index (χ0n) is 19.7. The second-order valence-corrected chi connectivity index (χ2v) is 9.68. The first-order chi connectivity index (χ1) is 18.2. The molecule has 0 amide bonds. The van der Waals surface area contributed by atoms with Crippen molar-refractivity contribution in [2.45, 2.75) is 5.54 Å². The summed E-state index contributed by atoms with van der Waals surface area (Å²) in [5.74, 6) is 0. The van der Waals surface area contributed by atoms with E-state index in [2.05, 4.69) is 144 Å². The third-order valence-corrected chi connectivity index (χ3v) is 6.92. The van der Waals surface area contributed by atoms with Gasteiger partial charge in [-0.3, -0.25) is 0 Å². The quantitative estimate of drug-likeness (QED) is 0.125. The van der Waals surface area contributed by atoms with E-state index in [9.17, 15) is 0 Å². The van der Waals surface area contributed by atoms with E-state index in [1.165, 1.54) is 16.7 Å². The maximum atomic E-state index is 5.86. The van der Waals surface area contributed by atoms with Crippen molar-refractivity contribution in [1.29, 1.82) is 0 Å². The second kappa shape index (κ2) is 11.5. The highest BCUT2D eigenvalue weighted by atomic mass is 127. The summed E-state index contributed by atoms with van der Waals surface area (Å²) >= 11 is 8.12. The molecule has 5 nitrogen and oxygen atoms in total. The van der Waals surface area contributed by atoms with Gasteiger partial charge < -0.3 is 9.55 Å². The highest BCUT2D eigenvalue weighted by Crippen LogP contribution is 2.40. The van der Waals surface area contributed by atoms with E-state index < -0.39 is 5.54 Å². The summed E-state index contributed by atoms with van der Waals surface area (Å²) in [5, 5.41) is 0.488. The number of nitrogens with zero attached hydrogens (tertiary/aromatic N) is 4. The van der Waals surface area contributed by atoms with Gasteiger partial charge in [-0.15, -0.1) is 0 Å². The van der Waals surface area contributed by atoms with Gasteiger partial charge in [0.15, 0.2) is 0 Å². The third kappa shape index (κ3) is 5.21. The largest absolute Gasteiger partial charge is 0.345 e. The number of rotatable bonds is 5. The SMILES string of the molecule is Clc1ncccc1-c1cnc[nH]1.Ic1cn(C(c2ccccc2)(c2ccccc2)c2ccccc2)cn1. The lowest BCUT2D eigenvalue weighted by Gasteiger charge is -2.37. The zero-order valence-corrected chi connectivity index (χ0v) is 22.7. The summed E-state index contributed by atoms with van der Waals surface area (Å²) in [6.45, 7) is 0. The summed E-state index contributed by atoms with van der Waals surface area (Å²) in [6, 6.07) is 35.6. The average Bonchev–Trinajstić information content (AvgIpc) is 3.65. The topological polar surface area (TPSA) is 59.4 Å². The monoisotopic (exact) mass is 615 g/mol. The van der Waals surface area contributed by atoms with E-state index in [1.54, 1.807) is 18.7 Å². The molecule has 0 saturated carbocycles. The van der Waals surface area contributed by atoms with Crippen molar-refractivity contribution in [1.82, 2.24) is 24.5 Å². The smallest absolute Gasteiger partial charge is 0.138 e. The zero-order chi connectivity index (χ0) is 25.5. The van der Waals surface area contributed by atoms with Crippen molar-refractivity contribution in [3.8, 4) is 11.3 Å². The maximum Gasteiger partial charge on any atom is 0.138 e. The van der Waals surface area contributed by atoms with Crippen LogP contribution in [0.4, 0.5) is 0 Å². The highest BCUT2D eigenvalue weighted by Gasteiger charge is 2.38. The van der Waals surface area contributed by atoms with Crippen molar-refractivity contribution in [2.75, 3.05) is 0 Å². The number of aromatic amines is 1. The molecule has 0 bridgehead atoms. The molecule has 182 valence electrons. The lowest BCUT2D eigenvalue weighted by molar-refractivity contribution is 0.514. The Balaban J connectivity index is 0.000000195. The van der Waals surface area contributed by atoms with E-state index >= 15 is 0 Å². The van der Waals surface area contributed by atoms with E-state index in [4.69, 9.17) is 11.6 Å². The van der Waals surface area contributed by atoms with Crippen LogP contribution in [0.3, 0.4) is 0 Å². The van der Waals surface area contributed by atoms with Crippen LogP contribution in [-0.4, -0.2) is 24.5 Å².